The van der Waals surface area contributed by atoms with Crippen molar-refractivity contribution in [3.63, 3.8) is 0 Å². The Morgan fingerprint density at radius 3 is 2.56 bits per heavy atom. The molecule has 0 bridgehead atoms. The highest BCUT2D eigenvalue weighted by atomic mass is 16.3. The minimum atomic E-state index is -0.576. The summed E-state index contributed by atoms with van der Waals surface area (Å²) in [4.78, 5) is 11.7. The number of hydrogen-bond donors (Lipinski definition) is 2. The number of aliphatic hydroxyl groups is 1. The molecule has 1 aromatic rings. The lowest BCUT2D eigenvalue weighted by Crippen LogP contribution is -2.20. The summed E-state index contributed by atoms with van der Waals surface area (Å²) in [6.07, 6.45) is 0.233. The van der Waals surface area contributed by atoms with Crippen molar-refractivity contribution in [2.24, 2.45) is 5.92 Å². The quantitative estimate of drug-likeness (QED) is 0.821. The molecule has 0 saturated carbocycles. The first-order chi connectivity index (χ1) is 7.56. The standard InChI is InChI=1S/C13H19NO2/c1-4-9(2)13(16)14-12-8-6-5-7-11(12)10(3)15/h5-10,15H,4H2,1-3H3,(H,14,16). The molecule has 1 rings (SSSR count). The molecule has 0 heterocycles. The fourth-order valence-electron chi connectivity index (χ4n) is 1.42. The highest BCUT2D eigenvalue weighted by Gasteiger charge is 2.13. The lowest BCUT2D eigenvalue weighted by atomic mass is 10.1. The molecule has 1 amide bonds. The number of benzene rings is 1. The van der Waals surface area contributed by atoms with Gasteiger partial charge in [0, 0.05) is 17.2 Å². The van der Waals surface area contributed by atoms with Crippen LogP contribution < -0.4 is 5.32 Å². The van der Waals surface area contributed by atoms with Crippen LogP contribution >= 0.6 is 0 Å². The third-order valence-corrected chi connectivity index (χ3v) is 2.73. The van der Waals surface area contributed by atoms with Crippen molar-refractivity contribution in [1.29, 1.82) is 0 Å². The molecule has 16 heavy (non-hydrogen) atoms. The number of anilines is 1. The lowest BCUT2D eigenvalue weighted by Gasteiger charge is -2.15. The predicted octanol–water partition coefficient (Wildman–Crippen LogP) is 2.72. The molecule has 0 radical (unpaired) electrons. The maximum atomic E-state index is 11.7. The number of rotatable bonds is 4. The minimum Gasteiger partial charge on any atom is -0.389 e. The number of aliphatic hydroxyl groups excluding tert-OH is 1. The molecule has 2 atom stereocenters. The molecular formula is C13H19NO2. The summed E-state index contributed by atoms with van der Waals surface area (Å²) in [5.41, 5.74) is 1.45. The zero-order valence-electron chi connectivity index (χ0n) is 10.0. The van der Waals surface area contributed by atoms with Gasteiger partial charge in [0.15, 0.2) is 0 Å². The molecule has 0 aliphatic rings. The molecule has 3 nitrogen and oxygen atoms in total. The smallest absolute Gasteiger partial charge is 0.227 e. The average Bonchev–Trinajstić information content (AvgIpc) is 2.28. The fourth-order valence-corrected chi connectivity index (χ4v) is 1.42. The number of amides is 1. The maximum absolute atomic E-state index is 11.7. The van der Waals surface area contributed by atoms with E-state index in [0.717, 1.165) is 12.0 Å². The van der Waals surface area contributed by atoms with Gasteiger partial charge in [-0.2, -0.15) is 0 Å². The molecule has 2 N–H and O–H groups in total. The van der Waals surface area contributed by atoms with Crippen LogP contribution in [0.4, 0.5) is 5.69 Å². The maximum Gasteiger partial charge on any atom is 0.227 e. The zero-order valence-corrected chi connectivity index (χ0v) is 10.0. The van der Waals surface area contributed by atoms with Crippen LogP contribution in [-0.4, -0.2) is 11.0 Å². The van der Waals surface area contributed by atoms with Crippen LogP contribution in [0.5, 0.6) is 0 Å². The number of hydrogen-bond acceptors (Lipinski definition) is 2. The van der Waals surface area contributed by atoms with Gasteiger partial charge in [-0.1, -0.05) is 32.0 Å². The van der Waals surface area contributed by atoms with Crippen molar-refractivity contribution in [3.05, 3.63) is 29.8 Å². The van der Waals surface area contributed by atoms with Crippen LogP contribution in [-0.2, 0) is 4.79 Å². The van der Waals surface area contributed by atoms with Gasteiger partial charge in [-0.25, -0.2) is 0 Å². The molecule has 2 unspecified atom stereocenters. The van der Waals surface area contributed by atoms with Crippen LogP contribution in [0.3, 0.4) is 0 Å². The van der Waals surface area contributed by atoms with Crippen molar-refractivity contribution >= 4 is 11.6 Å². The molecule has 0 spiro atoms. The largest absolute Gasteiger partial charge is 0.389 e. The fraction of sp³-hybridized carbons (Fsp3) is 0.462. The van der Waals surface area contributed by atoms with Crippen LogP contribution in [0.15, 0.2) is 24.3 Å². The number of carbonyl (C=O) groups is 1. The van der Waals surface area contributed by atoms with Crippen molar-refractivity contribution < 1.29 is 9.90 Å². The summed E-state index contributed by atoms with van der Waals surface area (Å²) in [7, 11) is 0. The van der Waals surface area contributed by atoms with Crippen LogP contribution in [0.25, 0.3) is 0 Å². The Morgan fingerprint density at radius 1 is 1.38 bits per heavy atom. The van der Waals surface area contributed by atoms with E-state index < -0.39 is 6.10 Å². The van der Waals surface area contributed by atoms with Gasteiger partial charge in [0.25, 0.3) is 0 Å². The summed E-state index contributed by atoms with van der Waals surface area (Å²) in [6.45, 7) is 5.55. The molecule has 88 valence electrons. The van der Waals surface area contributed by atoms with Crippen LogP contribution in [0, 0.1) is 5.92 Å². The van der Waals surface area contributed by atoms with Crippen molar-refractivity contribution in [3.8, 4) is 0 Å². The van der Waals surface area contributed by atoms with Gasteiger partial charge in [-0.15, -0.1) is 0 Å². The topological polar surface area (TPSA) is 49.3 Å². The normalized spacial score (nSPS) is 14.2. The Morgan fingerprint density at radius 2 is 2.00 bits per heavy atom. The summed E-state index contributed by atoms with van der Waals surface area (Å²) in [5.74, 6) is -0.0161. The van der Waals surface area contributed by atoms with Crippen LogP contribution in [0.2, 0.25) is 0 Å². The van der Waals surface area contributed by atoms with Crippen molar-refractivity contribution in [2.45, 2.75) is 33.3 Å². The first kappa shape index (κ1) is 12.7. The monoisotopic (exact) mass is 221 g/mol. The van der Waals surface area contributed by atoms with E-state index >= 15 is 0 Å². The SMILES string of the molecule is CCC(C)C(=O)Nc1ccccc1C(C)O. The minimum absolute atomic E-state index is 0.00407. The molecule has 1 aromatic carbocycles. The second kappa shape index (κ2) is 5.66. The number of carbonyl (C=O) groups excluding carboxylic acids is 1. The lowest BCUT2D eigenvalue weighted by molar-refractivity contribution is -0.119. The summed E-state index contributed by atoms with van der Waals surface area (Å²) >= 11 is 0. The second-order valence-electron chi connectivity index (χ2n) is 4.06. The molecule has 0 saturated heterocycles. The van der Waals surface area contributed by atoms with E-state index in [9.17, 15) is 9.90 Å². The molecular weight excluding hydrogens is 202 g/mol. The Balaban J connectivity index is 2.84. The number of nitrogens with one attached hydrogen (secondary N) is 1. The Hall–Kier alpha value is -1.35. The van der Waals surface area contributed by atoms with Gasteiger partial charge in [0.05, 0.1) is 6.10 Å². The van der Waals surface area contributed by atoms with Crippen LogP contribution in [0.1, 0.15) is 38.9 Å². The number of para-hydroxylation sites is 1. The van der Waals surface area contributed by atoms with Gasteiger partial charge in [-0.3, -0.25) is 4.79 Å². The third kappa shape index (κ3) is 3.07. The molecule has 0 aromatic heterocycles. The van der Waals surface area contributed by atoms with E-state index in [1.165, 1.54) is 0 Å². The van der Waals surface area contributed by atoms with E-state index in [0.29, 0.717) is 5.69 Å². The first-order valence-corrected chi connectivity index (χ1v) is 5.64. The van der Waals surface area contributed by atoms with Crippen molar-refractivity contribution in [2.75, 3.05) is 5.32 Å². The molecule has 3 heteroatoms. The highest BCUT2D eigenvalue weighted by molar-refractivity contribution is 5.93. The molecule has 0 aliphatic heterocycles. The van der Waals surface area contributed by atoms with E-state index in [1.54, 1.807) is 6.92 Å². The Labute approximate surface area is 96.5 Å². The Kier molecular flexibility index (Phi) is 4.50. The molecule has 0 fully saturated rings. The van der Waals surface area contributed by atoms with E-state index in [-0.39, 0.29) is 11.8 Å². The van der Waals surface area contributed by atoms with Gasteiger partial charge < -0.3 is 10.4 Å². The van der Waals surface area contributed by atoms with Gasteiger partial charge in [-0.05, 0) is 19.4 Å². The second-order valence-corrected chi connectivity index (χ2v) is 4.06. The summed E-state index contributed by atoms with van der Waals surface area (Å²) < 4.78 is 0. The highest BCUT2D eigenvalue weighted by Crippen LogP contribution is 2.22. The van der Waals surface area contributed by atoms with Gasteiger partial charge >= 0.3 is 0 Å². The summed E-state index contributed by atoms with van der Waals surface area (Å²) in [5, 5.41) is 12.4. The molecule has 0 aliphatic carbocycles. The average molecular weight is 221 g/mol. The van der Waals surface area contributed by atoms with Gasteiger partial charge in [0.2, 0.25) is 5.91 Å². The van der Waals surface area contributed by atoms with E-state index in [2.05, 4.69) is 5.32 Å². The zero-order chi connectivity index (χ0) is 12.1. The van der Waals surface area contributed by atoms with E-state index in [1.807, 2.05) is 38.1 Å². The van der Waals surface area contributed by atoms with Crippen molar-refractivity contribution in [1.82, 2.24) is 0 Å². The Bertz CT molecular complexity index is 361. The first-order valence-electron chi connectivity index (χ1n) is 5.64. The van der Waals surface area contributed by atoms with Gasteiger partial charge in [0.1, 0.15) is 0 Å². The summed E-state index contributed by atoms with van der Waals surface area (Å²) in [6, 6.07) is 7.32. The van der Waals surface area contributed by atoms with E-state index in [4.69, 9.17) is 0 Å². The third-order valence-electron chi connectivity index (χ3n) is 2.73. The predicted molar refractivity (Wildman–Crippen MR) is 65.2 cm³/mol.